The lowest BCUT2D eigenvalue weighted by molar-refractivity contribution is -0.146. The van der Waals surface area contributed by atoms with Gasteiger partial charge in [-0.25, -0.2) is 4.79 Å². The minimum atomic E-state index is -2.59. The van der Waals surface area contributed by atoms with Crippen LogP contribution in [0.15, 0.2) is 0 Å². The fourth-order valence-electron chi connectivity index (χ4n) is 1.70. The summed E-state index contributed by atoms with van der Waals surface area (Å²) in [6.07, 6.45) is 0.425. The first-order chi connectivity index (χ1) is 6.11. The van der Waals surface area contributed by atoms with Crippen LogP contribution in [0.2, 0.25) is 6.55 Å². The molecule has 2 saturated heterocycles. The van der Waals surface area contributed by atoms with Gasteiger partial charge in [-0.15, -0.1) is 0 Å². The first-order valence-electron chi connectivity index (χ1n) is 4.33. The summed E-state index contributed by atoms with van der Waals surface area (Å²) in [6, 6.07) is 0. The summed E-state index contributed by atoms with van der Waals surface area (Å²) in [5.74, 6) is -0.952. The largest absolute Gasteiger partial charge is 0.498 e. The zero-order chi connectivity index (χ0) is 9.47. The van der Waals surface area contributed by atoms with Gasteiger partial charge in [0.2, 0.25) is 0 Å². The van der Waals surface area contributed by atoms with Crippen molar-refractivity contribution in [3.05, 3.63) is 0 Å². The van der Waals surface area contributed by atoms with Crippen molar-refractivity contribution in [3.8, 4) is 0 Å². The highest BCUT2D eigenvalue weighted by Gasteiger charge is 2.53. The molecular formula is C7H12O5Si. The highest BCUT2D eigenvalue weighted by atomic mass is 28.4. The number of aliphatic carboxylic acids is 1. The SMILES string of the molecule is C[Si]12OCCCC(O1)C(C(=O)O)O2. The molecule has 6 heteroatoms. The molecule has 1 N–H and O–H groups in total. The van der Waals surface area contributed by atoms with E-state index in [0.717, 1.165) is 6.42 Å². The molecule has 2 bridgehead atoms. The molecule has 0 saturated carbocycles. The average molecular weight is 204 g/mol. The van der Waals surface area contributed by atoms with Crippen LogP contribution in [0, 0.1) is 0 Å². The molecule has 2 fully saturated rings. The van der Waals surface area contributed by atoms with Crippen molar-refractivity contribution in [2.45, 2.75) is 31.6 Å². The number of fused-ring (bicyclic) bond motifs is 2. The molecule has 5 nitrogen and oxygen atoms in total. The number of carbonyl (C=O) groups is 1. The highest BCUT2D eigenvalue weighted by molar-refractivity contribution is 6.60. The van der Waals surface area contributed by atoms with E-state index in [-0.39, 0.29) is 6.10 Å². The summed E-state index contributed by atoms with van der Waals surface area (Å²) in [7, 11) is -2.59. The van der Waals surface area contributed by atoms with Crippen LogP contribution < -0.4 is 0 Å². The van der Waals surface area contributed by atoms with Crippen LogP contribution in [0.4, 0.5) is 0 Å². The molecule has 0 amide bonds. The van der Waals surface area contributed by atoms with E-state index in [9.17, 15) is 4.79 Å². The third-order valence-corrected chi connectivity index (χ3v) is 4.43. The standard InChI is InChI=1S/C7H12O5Si/c1-13-10-4-2-3-5(11-13)6(12-13)7(8)9/h5-6H,2-4H2,1H3,(H,8,9). The molecule has 0 spiro atoms. The van der Waals surface area contributed by atoms with Crippen molar-refractivity contribution in [2.75, 3.05) is 6.61 Å². The molecule has 74 valence electrons. The number of hydrogen-bond donors (Lipinski definition) is 1. The predicted molar refractivity (Wildman–Crippen MR) is 44.2 cm³/mol. The van der Waals surface area contributed by atoms with Crippen LogP contribution in [0.25, 0.3) is 0 Å². The van der Waals surface area contributed by atoms with Gasteiger partial charge in [-0.05, 0) is 12.8 Å². The van der Waals surface area contributed by atoms with Gasteiger partial charge in [0.25, 0.3) is 0 Å². The first-order valence-corrected chi connectivity index (χ1v) is 6.56. The van der Waals surface area contributed by atoms with E-state index in [0.29, 0.717) is 13.0 Å². The van der Waals surface area contributed by atoms with E-state index >= 15 is 0 Å². The summed E-state index contributed by atoms with van der Waals surface area (Å²) in [5.41, 5.74) is 0. The first kappa shape index (κ1) is 9.13. The number of rotatable bonds is 1. The Hall–Kier alpha value is -0.433. The van der Waals surface area contributed by atoms with Crippen LogP contribution in [0.1, 0.15) is 12.8 Å². The van der Waals surface area contributed by atoms with Crippen LogP contribution in [0.3, 0.4) is 0 Å². The van der Waals surface area contributed by atoms with Crippen molar-refractivity contribution in [1.29, 1.82) is 0 Å². The average Bonchev–Trinajstić information content (AvgIpc) is 2.23. The molecule has 2 rings (SSSR count). The maximum absolute atomic E-state index is 10.8. The predicted octanol–water partition coefficient (Wildman–Crippen LogP) is 0.234. The Morgan fingerprint density at radius 3 is 3.00 bits per heavy atom. The molecule has 0 radical (unpaired) electrons. The zero-order valence-electron chi connectivity index (χ0n) is 7.36. The van der Waals surface area contributed by atoms with E-state index in [4.69, 9.17) is 18.4 Å². The molecule has 2 aliphatic heterocycles. The van der Waals surface area contributed by atoms with E-state index in [2.05, 4.69) is 0 Å². The second-order valence-electron chi connectivity index (χ2n) is 3.39. The Balaban J connectivity index is 2.16. The monoisotopic (exact) mass is 204 g/mol. The summed E-state index contributed by atoms with van der Waals surface area (Å²) >= 11 is 0. The van der Waals surface area contributed by atoms with Crippen LogP contribution in [-0.4, -0.2) is 38.7 Å². The van der Waals surface area contributed by atoms with E-state index in [1.807, 2.05) is 0 Å². The normalized spacial score (nSPS) is 44.4. The van der Waals surface area contributed by atoms with E-state index in [1.165, 1.54) is 0 Å². The molecular weight excluding hydrogens is 192 g/mol. The zero-order valence-corrected chi connectivity index (χ0v) is 8.36. The molecule has 3 atom stereocenters. The minimum Gasteiger partial charge on any atom is -0.479 e. The summed E-state index contributed by atoms with van der Waals surface area (Å²) in [5, 5.41) is 8.83. The molecule has 0 aliphatic carbocycles. The maximum Gasteiger partial charge on any atom is 0.498 e. The second-order valence-corrected chi connectivity index (χ2v) is 5.87. The third-order valence-electron chi connectivity index (χ3n) is 2.28. The lowest BCUT2D eigenvalue weighted by Crippen LogP contribution is -2.39. The Bertz CT molecular complexity index is 233. The molecule has 0 aromatic rings. The second kappa shape index (κ2) is 3.05. The number of hydrogen-bond acceptors (Lipinski definition) is 4. The molecule has 0 aromatic carbocycles. The third kappa shape index (κ3) is 1.62. The van der Waals surface area contributed by atoms with Crippen molar-refractivity contribution in [1.82, 2.24) is 0 Å². The molecule has 0 aromatic heterocycles. The lowest BCUT2D eigenvalue weighted by atomic mass is 10.1. The molecule has 13 heavy (non-hydrogen) atoms. The smallest absolute Gasteiger partial charge is 0.479 e. The van der Waals surface area contributed by atoms with Gasteiger partial charge in [-0.2, -0.15) is 0 Å². The Labute approximate surface area is 77.0 Å². The van der Waals surface area contributed by atoms with Gasteiger partial charge in [-0.3, -0.25) is 0 Å². The number of carboxylic acid groups (broad SMARTS) is 1. The van der Waals surface area contributed by atoms with Crippen LogP contribution in [-0.2, 0) is 18.1 Å². The topological polar surface area (TPSA) is 65.0 Å². The van der Waals surface area contributed by atoms with Crippen molar-refractivity contribution >= 4 is 14.8 Å². The van der Waals surface area contributed by atoms with Crippen LogP contribution in [0.5, 0.6) is 0 Å². The van der Waals surface area contributed by atoms with Gasteiger partial charge in [-0.1, -0.05) is 0 Å². The molecule has 2 heterocycles. The van der Waals surface area contributed by atoms with Gasteiger partial charge < -0.3 is 18.4 Å². The lowest BCUT2D eigenvalue weighted by Gasteiger charge is -2.17. The molecule has 3 unspecified atom stereocenters. The number of carboxylic acids is 1. The van der Waals surface area contributed by atoms with Crippen molar-refractivity contribution < 1.29 is 23.2 Å². The Kier molecular flexibility index (Phi) is 2.15. The van der Waals surface area contributed by atoms with E-state index in [1.54, 1.807) is 6.55 Å². The van der Waals surface area contributed by atoms with Crippen molar-refractivity contribution in [2.24, 2.45) is 0 Å². The highest BCUT2D eigenvalue weighted by Crippen LogP contribution is 2.31. The Morgan fingerprint density at radius 2 is 2.31 bits per heavy atom. The van der Waals surface area contributed by atoms with Gasteiger partial charge in [0.15, 0.2) is 6.10 Å². The molecule has 2 aliphatic rings. The maximum atomic E-state index is 10.8. The Morgan fingerprint density at radius 1 is 1.54 bits per heavy atom. The van der Waals surface area contributed by atoms with Gasteiger partial charge in [0, 0.05) is 13.2 Å². The van der Waals surface area contributed by atoms with E-state index < -0.39 is 20.9 Å². The van der Waals surface area contributed by atoms with Gasteiger partial charge in [0.1, 0.15) is 0 Å². The fraction of sp³-hybridized carbons (Fsp3) is 0.857. The van der Waals surface area contributed by atoms with Crippen LogP contribution >= 0.6 is 0 Å². The summed E-state index contributed by atoms with van der Waals surface area (Å²) in [6.45, 7) is 2.36. The van der Waals surface area contributed by atoms with Crippen molar-refractivity contribution in [3.63, 3.8) is 0 Å². The van der Waals surface area contributed by atoms with Gasteiger partial charge in [0.05, 0.1) is 6.10 Å². The quantitative estimate of drug-likeness (QED) is 0.619. The fourth-order valence-corrected chi connectivity index (χ4v) is 3.91. The minimum absolute atomic E-state index is 0.309. The van der Waals surface area contributed by atoms with Gasteiger partial charge >= 0.3 is 14.8 Å². The summed E-state index contributed by atoms with van der Waals surface area (Å²) < 4.78 is 16.2. The summed E-state index contributed by atoms with van der Waals surface area (Å²) in [4.78, 5) is 10.8.